The van der Waals surface area contributed by atoms with E-state index in [9.17, 15) is 9.59 Å². The van der Waals surface area contributed by atoms with Crippen molar-refractivity contribution in [2.75, 3.05) is 14.2 Å². The summed E-state index contributed by atoms with van der Waals surface area (Å²) in [6, 6.07) is 12.5. The second kappa shape index (κ2) is 5.70. The van der Waals surface area contributed by atoms with Gasteiger partial charge in [0.05, 0.1) is 30.8 Å². The number of rotatable bonds is 2. The van der Waals surface area contributed by atoms with Crippen LogP contribution >= 0.6 is 0 Å². The third-order valence-electron chi connectivity index (χ3n) is 6.77. The minimum absolute atomic E-state index is 0.341. The molecule has 0 saturated heterocycles. The van der Waals surface area contributed by atoms with Crippen LogP contribution in [0.5, 0.6) is 0 Å². The standard InChI is InChI=1S/C26H18O4/c1-29-24(27)21-20-17-12-4-3-5-13-26(17,23(21)25(28)30-2)22-16-11-7-9-14-8-6-10-15(18(14)16)19(20)22/h3-13,20H,1-2H3. The number of hydrogen-bond donors (Lipinski definition) is 0. The molecule has 0 heterocycles. The molecule has 0 fully saturated rings. The number of fused-ring (bicyclic) bond motifs is 3. The number of methoxy groups -OCH3 is 2. The number of carbonyl (C=O) groups excluding carboxylic acids is 2. The first-order valence-corrected chi connectivity index (χ1v) is 9.90. The van der Waals surface area contributed by atoms with Crippen molar-refractivity contribution in [3.8, 4) is 0 Å². The van der Waals surface area contributed by atoms with Crippen LogP contribution in [0.25, 0.3) is 21.9 Å². The van der Waals surface area contributed by atoms with Crippen molar-refractivity contribution in [2.24, 2.45) is 11.3 Å². The van der Waals surface area contributed by atoms with Crippen molar-refractivity contribution in [1.82, 2.24) is 0 Å². The zero-order valence-electron chi connectivity index (χ0n) is 16.6. The first-order chi connectivity index (χ1) is 14.6. The van der Waals surface area contributed by atoms with Crippen molar-refractivity contribution in [3.63, 3.8) is 0 Å². The Balaban J connectivity index is 1.77. The summed E-state index contributed by atoms with van der Waals surface area (Å²) in [6.45, 7) is 0. The van der Waals surface area contributed by atoms with E-state index in [1.807, 2.05) is 42.5 Å². The van der Waals surface area contributed by atoms with Crippen LogP contribution in [0.3, 0.4) is 0 Å². The Morgan fingerprint density at radius 1 is 0.900 bits per heavy atom. The molecule has 4 nitrogen and oxygen atoms in total. The maximum atomic E-state index is 13.1. The fourth-order valence-corrected chi connectivity index (χ4v) is 5.85. The highest BCUT2D eigenvalue weighted by Crippen LogP contribution is 2.72. The first kappa shape index (κ1) is 17.2. The third-order valence-corrected chi connectivity index (χ3v) is 6.77. The van der Waals surface area contributed by atoms with Crippen LogP contribution in [0.2, 0.25) is 0 Å². The third kappa shape index (κ3) is 1.74. The van der Waals surface area contributed by atoms with Gasteiger partial charge in [0.1, 0.15) is 0 Å². The van der Waals surface area contributed by atoms with Gasteiger partial charge in [-0.2, -0.15) is 0 Å². The molecule has 4 aliphatic rings. The summed E-state index contributed by atoms with van der Waals surface area (Å²) in [5, 5.41) is 2.32. The molecule has 30 heavy (non-hydrogen) atoms. The van der Waals surface area contributed by atoms with E-state index in [2.05, 4.69) is 24.3 Å². The van der Waals surface area contributed by atoms with E-state index in [1.165, 1.54) is 19.6 Å². The molecule has 4 heteroatoms. The van der Waals surface area contributed by atoms with Crippen LogP contribution in [0.4, 0.5) is 0 Å². The topological polar surface area (TPSA) is 52.6 Å². The van der Waals surface area contributed by atoms with Crippen molar-refractivity contribution >= 4 is 33.9 Å². The highest BCUT2D eigenvalue weighted by atomic mass is 16.5. The molecule has 2 bridgehead atoms. The molecule has 0 aliphatic heterocycles. The van der Waals surface area contributed by atoms with E-state index in [-0.39, 0.29) is 5.92 Å². The van der Waals surface area contributed by atoms with Crippen LogP contribution in [0.15, 0.2) is 83.5 Å². The predicted octanol–water partition coefficient (Wildman–Crippen LogP) is 4.39. The van der Waals surface area contributed by atoms with E-state index in [4.69, 9.17) is 9.47 Å². The van der Waals surface area contributed by atoms with Gasteiger partial charge in [-0.25, -0.2) is 9.59 Å². The molecule has 2 atom stereocenters. The number of carbonyl (C=O) groups is 2. The zero-order chi connectivity index (χ0) is 20.6. The number of ether oxygens (including phenoxy) is 2. The van der Waals surface area contributed by atoms with E-state index in [0.29, 0.717) is 11.1 Å². The van der Waals surface area contributed by atoms with Gasteiger partial charge in [0.25, 0.3) is 0 Å². The summed E-state index contributed by atoms with van der Waals surface area (Å²) in [7, 11) is 2.71. The number of benzene rings is 2. The molecule has 0 aromatic heterocycles. The van der Waals surface area contributed by atoms with Gasteiger partial charge in [0.15, 0.2) is 0 Å². The Morgan fingerprint density at radius 3 is 2.37 bits per heavy atom. The molecule has 0 N–H and O–H groups in total. The predicted molar refractivity (Wildman–Crippen MR) is 114 cm³/mol. The lowest BCUT2D eigenvalue weighted by Crippen LogP contribution is -2.27. The summed E-state index contributed by atoms with van der Waals surface area (Å²) < 4.78 is 10.3. The molecular formula is C26H18O4. The fourth-order valence-electron chi connectivity index (χ4n) is 5.85. The Labute approximate surface area is 173 Å². The summed E-state index contributed by atoms with van der Waals surface area (Å²) in [4.78, 5) is 26.1. The lowest BCUT2D eigenvalue weighted by atomic mass is 9.71. The van der Waals surface area contributed by atoms with E-state index < -0.39 is 17.4 Å². The van der Waals surface area contributed by atoms with Gasteiger partial charge >= 0.3 is 11.9 Å². The molecule has 2 unspecified atom stereocenters. The first-order valence-electron chi connectivity index (χ1n) is 9.90. The van der Waals surface area contributed by atoms with Gasteiger partial charge in [-0.1, -0.05) is 66.8 Å². The monoisotopic (exact) mass is 394 g/mol. The maximum absolute atomic E-state index is 13.1. The smallest absolute Gasteiger partial charge is 0.335 e. The Kier molecular flexibility index (Phi) is 3.27. The summed E-state index contributed by atoms with van der Waals surface area (Å²) in [5.41, 5.74) is 5.34. The second-order valence-electron chi connectivity index (χ2n) is 7.88. The van der Waals surface area contributed by atoms with Crippen LogP contribution in [-0.2, 0) is 19.1 Å². The summed E-state index contributed by atoms with van der Waals surface area (Å²) in [5.74, 6) is -1.32. The Morgan fingerprint density at radius 2 is 1.63 bits per heavy atom. The quantitative estimate of drug-likeness (QED) is 0.709. The van der Waals surface area contributed by atoms with Crippen molar-refractivity contribution in [1.29, 1.82) is 0 Å². The molecule has 0 radical (unpaired) electrons. The maximum Gasteiger partial charge on any atom is 0.335 e. The van der Waals surface area contributed by atoms with Gasteiger partial charge in [-0.05, 0) is 38.6 Å². The van der Waals surface area contributed by atoms with Gasteiger partial charge in [0.2, 0.25) is 0 Å². The molecule has 2 aromatic carbocycles. The summed E-state index contributed by atoms with van der Waals surface area (Å²) in [6.07, 6.45) is 9.92. The van der Waals surface area contributed by atoms with E-state index in [1.54, 1.807) is 0 Å². The number of allylic oxidation sites excluding steroid dienone is 8. The van der Waals surface area contributed by atoms with Crippen LogP contribution in [0.1, 0.15) is 11.1 Å². The van der Waals surface area contributed by atoms with Gasteiger partial charge in [0, 0.05) is 5.92 Å². The van der Waals surface area contributed by atoms with Gasteiger partial charge in [-0.3, -0.25) is 0 Å². The SMILES string of the molecule is COC(=O)C1=C(C(=O)OC)C23C=CC=CC=C2C1C1=C3c2cccc3cccc1c23. The average molecular weight is 394 g/mol. The molecule has 0 spiro atoms. The molecule has 146 valence electrons. The lowest BCUT2D eigenvalue weighted by molar-refractivity contribution is -0.139. The fraction of sp³-hybridized carbons (Fsp3) is 0.154. The van der Waals surface area contributed by atoms with Crippen LogP contribution in [0, 0.1) is 11.3 Å². The second-order valence-corrected chi connectivity index (χ2v) is 7.88. The minimum atomic E-state index is -0.840. The van der Waals surface area contributed by atoms with Gasteiger partial charge in [-0.15, -0.1) is 0 Å². The lowest BCUT2D eigenvalue weighted by Gasteiger charge is -2.30. The molecule has 0 amide bonds. The van der Waals surface area contributed by atoms with Crippen LogP contribution in [-0.4, -0.2) is 26.2 Å². The summed E-state index contributed by atoms with van der Waals surface area (Å²) >= 11 is 0. The van der Waals surface area contributed by atoms with E-state index >= 15 is 0 Å². The molecule has 0 saturated carbocycles. The van der Waals surface area contributed by atoms with Crippen LogP contribution < -0.4 is 0 Å². The largest absolute Gasteiger partial charge is 0.466 e. The molecule has 2 aromatic rings. The van der Waals surface area contributed by atoms with Crippen molar-refractivity contribution in [2.45, 2.75) is 0 Å². The van der Waals surface area contributed by atoms with Gasteiger partial charge < -0.3 is 9.47 Å². The Hall–Kier alpha value is -3.66. The average Bonchev–Trinajstić information content (AvgIpc) is 3.28. The highest BCUT2D eigenvalue weighted by molar-refractivity contribution is 6.26. The van der Waals surface area contributed by atoms with Crippen molar-refractivity contribution < 1.29 is 19.1 Å². The normalized spacial score (nSPS) is 24.7. The molecular weight excluding hydrogens is 376 g/mol. The number of hydrogen-bond acceptors (Lipinski definition) is 4. The van der Waals surface area contributed by atoms with E-state index in [0.717, 1.165) is 33.2 Å². The zero-order valence-corrected chi connectivity index (χ0v) is 16.6. The minimum Gasteiger partial charge on any atom is -0.466 e. The molecule has 6 rings (SSSR count). The van der Waals surface area contributed by atoms with Crippen molar-refractivity contribution in [3.05, 3.63) is 94.6 Å². The number of esters is 2. The Bertz CT molecular complexity index is 1340. The molecule has 4 aliphatic carbocycles. The highest BCUT2D eigenvalue weighted by Gasteiger charge is 2.64.